The van der Waals surface area contributed by atoms with Crippen LogP contribution in [0.4, 0.5) is 11.8 Å². The van der Waals surface area contributed by atoms with Crippen LogP contribution >= 0.6 is 23.2 Å². The van der Waals surface area contributed by atoms with E-state index in [1.807, 2.05) is 6.07 Å². The third kappa shape index (κ3) is 3.90. The first-order valence-corrected chi connectivity index (χ1v) is 10.1. The smallest absolute Gasteiger partial charge is 0.220 e. The molecule has 10 heteroatoms. The van der Waals surface area contributed by atoms with E-state index in [0.29, 0.717) is 57.3 Å². The van der Waals surface area contributed by atoms with E-state index in [1.54, 1.807) is 12.3 Å². The molecule has 1 aliphatic rings. The number of methoxy groups -OCH3 is 2. The quantitative estimate of drug-likeness (QED) is 0.597. The van der Waals surface area contributed by atoms with Gasteiger partial charge in [-0.3, -0.25) is 0 Å². The van der Waals surface area contributed by atoms with Crippen LogP contribution in [0, 0.1) is 0 Å². The zero-order valence-electron chi connectivity index (χ0n) is 16.5. The summed E-state index contributed by atoms with van der Waals surface area (Å²) in [6.07, 6.45) is 3.38. The summed E-state index contributed by atoms with van der Waals surface area (Å²) in [6, 6.07) is 3.66. The zero-order chi connectivity index (χ0) is 21.3. The number of benzene rings is 1. The highest BCUT2D eigenvalue weighted by atomic mass is 35.5. The molecule has 1 aliphatic heterocycles. The minimum atomic E-state index is 0.172. The maximum absolute atomic E-state index is 6.61. The second-order valence-corrected chi connectivity index (χ2v) is 7.59. The first kappa shape index (κ1) is 20.7. The first-order chi connectivity index (χ1) is 14.5. The maximum atomic E-state index is 6.61. The van der Waals surface area contributed by atoms with Gasteiger partial charge < -0.3 is 25.3 Å². The second-order valence-electron chi connectivity index (χ2n) is 6.84. The zero-order valence-corrected chi connectivity index (χ0v) is 18.0. The van der Waals surface area contributed by atoms with Crippen molar-refractivity contribution in [2.45, 2.75) is 18.9 Å². The van der Waals surface area contributed by atoms with Gasteiger partial charge in [0.25, 0.3) is 0 Å². The lowest BCUT2D eigenvalue weighted by Gasteiger charge is -2.24. The standard InChI is InChI=1S/C20H21Cl2N5O3/c1-28-13-8-14(29-2)17(22)15(16(13)21)12-7-10-9-24-20(23)27-18(10)19(26-12)25-11-3-5-30-6-4-11/h7-9,11H,3-6H2,1-2H3,(H,25,26)(H2,23,24,27). The van der Waals surface area contributed by atoms with Gasteiger partial charge in [-0.05, 0) is 18.9 Å². The summed E-state index contributed by atoms with van der Waals surface area (Å²) in [5.41, 5.74) is 7.49. The van der Waals surface area contributed by atoms with Crippen molar-refractivity contribution in [2.24, 2.45) is 0 Å². The molecule has 0 saturated carbocycles. The fourth-order valence-electron chi connectivity index (χ4n) is 3.43. The van der Waals surface area contributed by atoms with Crippen LogP contribution in [0.2, 0.25) is 10.0 Å². The number of ether oxygens (including phenoxy) is 3. The summed E-state index contributed by atoms with van der Waals surface area (Å²) < 4.78 is 16.2. The first-order valence-electron chi connectivity index (χ1n) is 9.39. The Hall–Kier alpha value is -2.55. The van der Waals surface area contributed by atoms with Gasteiger partial charge in [0.05, 0.1) is 30.0 Å². The number of rotatable bonds is 5. The number of anilines is 2. The summed E-state index contributed by atoms with van der Waals surface area (Å²) in [6.45, 7) is 1.38. The number of hydrogen-bond donors (Lipinski definition) is 2. The fraction of sp³-hybridized carbons (Fsp3) is 0.350. The minimum absolute atomic E-state index is 0.172. The Kier molecular flexibility index (Phi) is 5.99. The number of nitrogens with one attached hydrogen (secondary N) is 1. The predicted molar refractivity (Wildman–Crippen MR) is 118 cm³/mol. The van der Waals surface area contributed by atoms with Crippen molar-refractivity contribution in [3.05, 3.63) is 28.4 Å². The van der Waals surface area contributed by atoms with Crippen LogP contribution in [-0.4, -0.2) is 48.4 Å². The Morgan fingerprint density at radius 2 is 1.73 bits per heavy atom. The van der Waals surface area contributed by atoms with Crippen molar-refractivity contribution in [1.82, 2.24) is 15.0 Å². The molecule has 8 nitrogen and oxygen atoms in total. The third-order valence-corrected chi connectivity index (χ3v) is 5.73. The number of aromatic nitrogens is 3. The lowest BCUT2D eigenvalue weighted by atomic mass is 10.1. The van der Waals surface area contributed by atoms with Crippen LogP contribution in [-0.2, 0) is 4.74 Å². The van der Waals surface area contributed by atoms with Gasteiger partial charge in [0, 0.05) is 42.5 Å². The molecule has 30 heavy (non-hydrogen) atoms. The van der Waals surface area contributed by atoms with Crippen LogP contribution in [0.3, 0.4) is 0 Å². The van der Waals surface area contributed by atoms with Crippen LogP contribution in [0.15, 0.2) is 18.3 Å². The molecule has 0 bridgehead atoms. The molecule has 0 amide bonds. The topological polar surface area (TPSA) is 104 Å². The van der Waals surface area contributed by atoms with Crippen LogP contribution in [0.25, 0.3) is 22.2 Å². The average Bonchev–Trinajstić information content (AvgIpc) is 2.75. The summed E-state index contributed by atoms with van der Waals surface area (Å²) >= 11 is 13.2. The number of halogens is 2. The number of nitrogens with two attached hydrogens (primary N) is 1. The summed E-state index contributed by atoms with van der Waals surface area (Å²) in [7, 11) is 3.06. The van der Waals surface area contributed by atoms with Crippen molar-refractivity contribution >= 4 is 45.9 Å². The predicted octanol–water partition coefficient (Wildman–Crippen LogP) is 4.19. The highest BCUT2D eigenvalue weighted by Gasteiger charge is 2.23. The van der Waals surface area contributed by atoms with E-state index in [1.165, 1.54) is 14.2 Å². The van der Waals surface area contributed by atoms with E-state index in [9.17, 15) is 0 Å². The molecule has 0 atom stereocenters. The number of hydrogen-bond acceptors (Lipinski definition) is 8. The molecule has 0 radical (unpaired) electrons. The van der Waals surface area contributed by atoms with Gasteiger partial charge >= 0.3 is 0 Å². The van der Waals surface area contributed by atoms with Crippen LogP contribution < -0.4 is 20.5 Å². The number of pyridine rings is 1. The van der Waals surface area contributed by atoms with Gasteiger partial charge in [-0.25, -0.2) is 15.0 Å². The summed E-state index contributed by atoms with van der Waals surface area (Å²) in [5, 5.41) is 4.89. The molecule has 158 valence electrons. The number of nitrogens with zero attached hydrogens (tertiary/aromatic N) is 3. The fourth-order valence-corrected chi connectivity index (χ4v) is 4.12. The van der Waals surface area contributed by atoms with Gasteiger partial charge in [-0.2, -0.15) is 0 Å². The molecule has 2 aromatic heterocycles. The number of fused-ring (bicyclic) bond motifs is 1. The molecule has 3 heterocycles. The Morgan fingerprint density at radius 3 is 2.37 bits per heavy atom. The van der Waals surface area contributed by atoms with E-state index in [2.05, 4.69) is 15.3 Å². The summed E-state index contributed by atoms with van der Waals surface area (Å²) in [5.74, 6) is 1.62. The van der Waals surface area contributed by atoms with E-state index in [0.717, 1.165) is 18.2 Å². The Labute approximate surface area is 183 Å². The Morgan fingerprint density at radius 1 is 1.07 bits per heavy atom. The highest BCUT2D eigenvalue weighted by molar-refractivity contribution is 6.41. The Balaban J connectivity index is 1.91. The molecule has 0 aliphatic carbocycles. The van der Waals surface area contributed by atoms with Crippen molar-refractivity contribution < 1.29 is 14.2 Å². The largest absolute Gasteiger partial charge is 0.495 e. The van der Waals surface area contributed by atoms with Gasteiger partial charge in [0.1, 0.15) is 17.0 Å². The molecule has 1 fully saturated rings. The maximum Gasteiger partial charge on any atom is 0.220 e. The van der Waals surface area contributed by atoms with Crippen molar-refractivity contribution in [3.8, 4) is 22.8 Å². The monoisotopic (exact) mass is 449 g/mol. The molecular weight excluding hydrogens is 429 g/mol. The second kappa shape index (κ2) is 8.67. The normalized spacial score (nSPS) is 14.7. The van der Waals surface area contributed by atoms with Gasteiger partial charge in [0.2, 0.25) is 5.95 Å². The highest BCUT2D eigenvalue weighted by Crippen LogP contribution is 2.46. The van der Waals surface area contributed by atoms with Crippen molar-refractivity contribution in [1.29, 1.82) is 0 Å². The molecule has 1 aromatic carbocycles. The van der Waals surface area contributed by atoms with Crippen molar-refractivity contribution in [2.75, 3.05) is 38.5 Å². The van der Waals surface area contributed by atoms with E-state index < -0.39 is 0 Å². The van der Waals surface area contributed by atoms with Crippen molar-refractivity contribution in [3.63, 3.8) is 0 Å². The van der Waals surface area contributed by atoms with Gasteiger partial charge in [-0.1, -0.05) is 23.2 Å². The van der Waals surface area contributed by atoms with E-state index in [4.69, 9.17) is 48.1 Å². The SMILES string of the molecule is COc1cc(OC)c(Cl)c(-c2cc3cnc(N)nc3c(NC3CCOCC3)n2)c1Cl. The lowest BCUT2D eigenvalue weighted by molar-refractivity contribution is 0.0904. The average molecular weight is 450 g/mol. The van der Waals surface area contributed by atoms with E-state index in [-0.39, 0.29) is 12.0 Å². The van der Waals surface area contributed by atoms with Crippen LogP contribution in [0.1, 0.15) is 12.8 Å². The minimum Gasteiger partial charge on any atom is -0.495 e. The summed E-state index contributed by atoms with van der Waals surface area (Å²) in [4.78, 5) is 13.3. The molecule has 4 rings (SSSR count). The Bertz CT molecular complexity index is 1060. The molecule has 1 saturated heterocycles. The molecule has 0 spiro atoms. The molecule has 3 N–H and O–H groups in total. The molecule has 0 unspecified atom stereocenters. The van der Waals surface area contributed by atoms with E-state index >= 15 is 0 Å². The lowest BCUT2D eigenvalue weighted by Crippen LogP contribution is -2.28. The number of nitrogen functional groups attached to an aromatic ring is 1. The van der Waals surface area contributed by atoms with Gasteiger partial charge in [0.15, 0.2) is 5.82 Å². The molecular formula is C20H21Cl2N5O3. The van der Waals surface area contributed by atoms with Gasteiger partial charge in [-0.15, -0.1) is 0 Å². The molecule has 3 aromatic rings. The third-order valence-electron chi connectivity index (χ3n) is 4.98. The van der Waals surface area contributed by atoms with Crippen LogP contribution in [0.5, 0.6) is 11.5 Å².